The summed E-state index contributed by atoms with van der Waals surface area (Å²) in [7, 11) is 1.49. The van der Waals surface area contributed by atoms with E-state index in [1.807, 2.05) is 13.8 Å². The van der Waals surface area contributed by atoms with Gasteiger partial charge in [0.15, 0.2) is 0 Å². The van der Waals surface area contributed by atoms with Crippen molar-refractivity contribution in [3.63, 3.8) is 0 Å². The van der Waals surface area contributed by atoms with Crippen LogP contribution >= 0.6 is 0 Å². The Morgan fingerprint density at radius 3 is 2.29 bits per heavy atom. The number of rotatable bonds is 5. The van der Waals surface area contributed by atoms with Gasteiger partial charge in [0.2, 0.25) is 0 Å². The molecule has 3 heteroatoms. The van der Waals surface area contributed by atoms with Gasteiger partial charge in [0.1, 0.15) is 0 Å². The Hall–Kier alpha value is -0.570. The lowest BCUT2D eigenvalue weighted by Crippen LogP contribution is -2.38. The van der Waals surface area contributed by atoms with Gasteiger partial charge in [-0.3, -0.25) is 4.79 Å². The van der Waals surface area contributed by atoms with Gasteiger partial charge in [0.25, 0.3) is 0 Å². The van der Waals surface area contributed by atoms with E-state index < -0.39 is 0 Å². The summed E-state index contributed by atoms with van der Waals surface area (Å²) < 4.78 is 10.2. The smallest absolute Gasteiger partial charge is 0.311 e. The second-order valence-electron chi connectivity index (χ2n) is 4.34. The third-order valence-corrected chi connectivity index (χ3v) is 3.33. The summed E-state index contributed by atoms with van der Waals surface area (Å²) in [5.41, 5.74) is -0.248. The zero-order valence-corrected chi connectivity index (χ0v) is 11.9. The van der Waals surface area contributed by atoms with Crippen LogP contribution in [-0.2, 0) is 14.3 Å². The molecule has 0 aromatic rings. The van der Waals surface area contributed by atoms with Gasteiger partial charge in [-0.15, -0.1) is 0 Å². The molecule has 0 spiro atoms. The average molecular weight is 244 g/mol. The summed E-state index contributed by atoms with van der Waals surface area (Å²) >= 11 is 0. The van der Waals surface area contributed by atoms with Crippen molar-refractivity contribution in [1.29, 1.82) is 0 Å². The minimum absolute atomic E-state index is 0.0399. The highest BCUT2D eigenvalue weighted by Crippen LogP contribution is 2.37. The quantitative estimate of drug-likeness (QED) is 0.548. The van der Waals surface area contributed by atoms with E-state index in [0.29, 0.717) is 13.2 Å². The first-order valence-corrected chi connectivity index (χ1v) is 6.91. The molecule has 0 amide bonds. The molecule has 1 heterocycles. The predicted molar refractivity (Wildman–Crippen MR) is 70.0 cm³/mol. The van der Waals surface area contributed by atoms with E-state index in [-0.39, 0.29) is 11.4 Å². The molecular formula is C14H28O3. The zero-order valence-electron chi connectivity index (χ0n) is 11.9. The van der Waals surface area contributed by atoms with Gasteiger partial charge in [-0.2, -0.15) is 0 Å². The molecule has 1 saturated heterocycles. The molecule has 17 heavy (non-hydrogen) atoms. The molecule has 0 atom stereocenters. The molecule has 0 radical (unpaired) electrons. The van der Waals surface area contributed by atoms with Crippen molar-refractivity contribution in [2.24, 2.45) is 5.41 Å². The lowest BCUT2D eigenvalue weighted by molar-refractivity contribution is -0.159. The van der Waals surface area contributed by atoms with Crippen LogP contribution in [-0.4, -0.2) is 26.3 Å². The minimum Gasteiger partial charge on any atom is -0.469 e. The number of methoxy groups -OCH3 is 1. The van der Waals surface area contributed by atoms with E-state index in [4.69, 9.17) is 9.47 Å². The molecule has 0 bridgehead atoms. The fraction of sp³-hybridized carbons (Fsp3) is 0.929. The minimum atomic E-state index is -0.248. The zero-order chi connectivity index (χ0) is 13.1. The first kappa shape index (κ1) is 16.4. The van der Waals surface area contributed by atoms with Gasteiger partial charge in [-0.1, -0.05) is 40.0 Å². The molecule has 0 aromatic heterocycles. The molecule has 0 saturated carbocycles. The van der Waals surface area contributed by atoms with Crippen molar-refractivity contribution in [3.05, 3.63) is 0 Å². The van der Waals surface area contributed by atoms with Crippen LogP contribution in [0.3, 0.4) is 0 Å². The van der Waals surface area contributed by atoms with E-state index in [2.05, 4.69) is 6.92 Å². The molecule has 0 aromatic carbocycles. The van der Waals surface area contributed by atoms with Crippen molar-refractivity contribution < 1.29 is 14.3 Å². The Labute approximate surface area is 106 Å². The summed E-state index contributed by atoms with van der Waals surface area (Å²) in [6, 6.07) is 0. The Morgan fingerprint density at radius 2 is 1.82 bits per heavy atom. The third kappa shape index (κ3) is 5.07. The summed E-state index contributed by atoms with van der Waals surface area (Å²) in [5.74, 6) is -0.0399. The molecule has 3 nitrogen and oxygen atoms in total. The number of carbonyl (C=O) groups excluding carboxylic acids is 1. The van der Waals surface area contributed by atoms with Crippen LogP contribution in [0.15, 0.2) is 0 Å². The largest absolute Gasteiger partial charge is 0.469 e. The normalized spacial score (nSPS) is 17.9. The van der Waals surface area contributed by atoms with E-state index >= 15 is 0 Å². The maximum absolute atomic E-state index is 11.8. The van der Waals surface area contributed by atoms with Gasteiger partial charge < -0.3 is 9.47 Å². The Morgan fingerprint density at radius 1 is 1.24 bits per heavy atom. The highest BCUT2D eigenvalue weighted by Gasteiger charge is 2.40. The maximum Gasteiger partial charge on any atom is 0.311 e. The summed E-state index contributed by atoms with van der Waals surface area (Å²) in [6.07, 6.45) is 6.10. The molecule has 102 valence electrons. The topological polar surface area (TPSA) is 35.5 Å². The summed E-state index contributed by atoms with van der Waals surface area (Å²) in [5, 5.41) is 0. The van der Waals surface area contributed by atoms with Crippen molar-refractivity contribution >= 4 is 5.97 Å². The molecule has 0 aliphatic carbocycles. The van der Waals surface area contributed by atoms with E-state index in [0.717, 1.165) is 25.7 Å². The maximum atomic E-state index is 11.8. The van der Waals surface area contributed by atoms with Gasteiger partial charge in [-0.05, 0) is 19.3 Å². The highest BCUT2D eigenvalue weighted by atomic mass is 16.5. The Bertz CT molecular complexity index is 196. The van der Waals surface area contributed by atoms with Crippen LogP contribution in [0.5, 0.6) is 0 Å². The second kappa shape index (κ2) is 9.46. The number of ether oxygens (including phenoxy) is 2. The second-order valence-corrected chi connectivity index (χ2v) is 4.34. The standard InChI is InChI=1S/C12H22O3.C2H6/c1-3-4-5-6-12(11(13)14-2)7-9-15-10-8-12;1-2/h3-10H2,1-2H3;1-2H3. The molecule has 0 N–H and O–H groups in total. The number of carbonyl (C=O) groups is 1. The molecule has 1 fully saturated rings. The SMILES string of the molecule is CC.CCCCCC1(C(=O)OC)CCOCC1. The molecule has 1 aliphatic rings. The van der Waals surface area contributed by atoms with Crippen LogP contribution in [0.25, 0.3) is 0 Å². The number of unbranched alkanes of at least 4 members (excludes halogenated alkanes) is 2. The Balaban J connectivity index is 0.00000121. The van der Waals surface area contributed by atoms with Gasteiger partial charge in [0, 0.05) is 13.2 Å². The Kier molecular flexibility index (Phi) is 9.14. The van der Waals surface area contributed by atoms with Crippen molar-refractivity contribution in [2.45, 2.75) is 59.3 Å². The van der Waals surface area contributed by atoms with E-state index in [1.165, 1.54) is 20.0 Å². The van der Waals surface area contributed by atoms with Gasteiger partial charge >= 0.3 is 5.97 Å². The average Bonchev–Trinajstić information content (AvgIpc) is 2.41. The molecule has 0 unspecified atom stereocenters. The van der Waals surface area contributed by atoms with Crippen molar-refractivity contribution in [2.75, 3.05) is 20.3 Å². The van der Waals surface area contributed by atoms with Crippen LogP contribution < -0.4 is 0 Å². The highest BCUT2D eigenvalue weighted by molar-refractivity contribution is 5.76. The fourth-order valence-electron chi connectivity index (χ4n) is 2.25. The predicted octanol–water partition coefficient (Wildman–Crippen LogP) is 3.56. The lowest BCUT2D eigenvalue weighted by Gasteiger charge is -2.34. The van der Waals surface area contributed by atoms with E-state index in [1.54, 1.807) is 0 Å². The van der Waals surface area contributed by atoms with Crippen molar-refractivity contribution in [3.8, 4) is 0 Å². The summed E-state index contributed by atoms with van der Waals surface area (Å²) in [6.45, 7) is 7.57. The third-order valence-electron chi connectivity index (χ3n) is 3.33. The van der Waals surface area contributed by atoms with Crippen LogP contribution in [0, 0.1) is 5.41 Å². The van der Waals surface area contributed by atoms with Crippen LogP contribution in [0.1, 0.15) is 59.3 Å². The molecular weight excluding hydrogens is 216 g/mol. The number of hydrogen-bond acceptors (Lipinski definition) is 3. The molecule has 1 aliphatic heterocycles. The van der Waals surface area contributed by atoms with Gasteiger partial charge in [-0.25, -0.2) is 0 Å². The monoisotopic (exact) mass is 244 g/mol. The molecule has 1 rings (SSSR count). The first-order chi connectivity index (χ1) is 8.25. The van der Waals surface area contributed by atoms with Crippen LogP contribution in [0.2, 0.25) is 0 Å². The van der Waals surface area contributed by atoms with E-state index in [9.17, 15) is 4.79 Å². The van der Waals surface area contributed by atoms with Gasteiger partial charge in [0.05, 0.1) is 12.5 Å². The number of esters is 1. The van der Waals surface area contributed by atoms with Crippen LogP contribution in [0.4, 0.5) is 0 Å². The summed E-state index contributed by atoms with van der Waals surface area (Å²) in [4.78, 5) is 11.8. The van der Waals surface area contributed by atoms with Crippen molar-refractivity contribution in [1.82, 2.24) is 0 Å². The lowest BCUT2D eigenvalue weighted by atomic mass is 9.76. The number of hydrogen-bond donors (Lipinski definition) is 0. The first-order valence-electron chi connectivity index (χ1n) is 6.91. The fourth-order valence-corrected chi connectivity index (χ4v) is 2.25.